The third-order valence-corrected chi connectivity index (χ3v) is 6.11. The molecule has 1 aliphatic rings. The average Bonchev–Trinajstić information content (AvgIpc) is 2.73. The van der Waals surface area contributed by atoms with Crippen LogP contribution in [0.3, 0.4) is 0 Å². The van der Waals surface area contributed by atoms with Gasteiger partial charge < -0.3 is 9.64 Å². The highest BCUT2D eigenvalue weighted by Crippen LogP contribution is 2.24. The number of likely N-dealkylation sites (tertiary alicyclic amines) is 1. The highest BCUT2D eigenvalue weighted by atomic mass is 32.2. The second-order valence-electron chi connectivity index (χ2n) is 7.12. The fourth-order valence-electron chi connectivity index (χ4n) is 3.31. The predicted molar refractivity (Wildman–Crippen MR) is 112 cm³/mol. The summed E-state index contributed by atoms with van der Waals surface area (Å²) in [5.41, 5.74) is 3.17. The number of amides is 1. The van der Waals surface area contributed by atoms with E-state index in [0.29, 0.717) is 38.1 Å². The second-order valence-corrected chi connectivity index (χ2v) is 8.17. The van der Waals surface area contributed by atoms with E-state index in [-0.39, 0.29) is 17.8 Å². The van der Waals surface area contributed by atoms with Crippen molar-refractivity contribution in [3.63, 3.8) is 0 Å². The number of carbonyl (C=O) groups is 2. The van der Waals surface area contributed by atoms with Gasteiger partial charge in [0.25, 0.3) is 5.91 Å². The van der Waals surface area contributed by atoms with E-state index in [1.165, 1.54) is 16.0 Å². The third kappa shape index (κ3) is 5.38. The van der Waals surface area contributed by atoms with Crippen LogP contribution < -0.4 is 0 Å². The normalized spacial score (nSPS) is 14.7. The number of thioether (sulfide) groups is 1. The Morgan fingerprint density at radius 2 is 1.68 bits per heavy atom. The lowest BCUT2D eigenvalue weighted by atomic mass is 9.96. The quantitative estimate of drug-likeness (QED) is 0.523. The molecule has 3 rings (SSSR count). The van der Waals surface area contributed by atoms with Crippen molar-refractivity contribution in [2.24, 2.45) is 5.92 Å². The monoisotopic (exact) mass is 397 g/mol. The van der Waals surface area contributed by atoms with Crippen LogP contribution in [0.2, 0.25) is 0 Å². The minimum absolute atomic E-state index is 0.0417. The van der Waals surface area contributed by atoms with Crippen molar-refractivity contribution >= 4 is 23.6 Å². The maximum absolute atomic E-state index is 12.7. The fourth-order valence-corrected chi connectivity index (χ4v) is 4.16. The summed E-state index contributed by atoms with van der Waals surface area (Å²) in [5, 5.41) is 0. The number of rotatable bonds is 6. The van der Waals surface area contributed by atoms with Crippen LogP contribution in [0.25, 0.3) is 0 Å². The SMILES string of the molecule is CCOC(=O)C1CCN(C(=O)c2ccc(CSc3ccc(C)cc3)cc2)CC1. The topological polar surface area (TPSA) is 46.6 Å². The van der Waals surface area contributed by atoms with E-state index < -0.39 is 0 Å². The van der Waals surface area contributed by atoms with Crippen molar-refractivity contribution in [3.8, 4) is 0 Å². The van der Waals surface area contributed by atoms with Gasteiger partial charge >= 0.3 is 5.97 Å². The number of hydrogen-bond acceptors (Lipinski definition) is 4. The van der Waals surface area contributed by atoms with Gasteiger partial charge in [0.2, 0.25) is 0 Å². The van der Waals surface area contributed by atoms with Gasteiger partial charge in [0.05, 0.1) is 12.5 Å². The molecule has 4 nitrogen and oxygen atoms in total. The zero-order valence-corrected chi connectivity index (χ0v) is 17.3. The second kappa shape index (κ2) is 9.78. The van der Waals surface area contributed by atoms with Gasteiger partial charge in [-0.2, -0.15) is 0 Å². The molecule has 2 aromatic rings. The first-order valence-electron chi connectivity index (χ1n) is 9.81. The van der Waals surface area contributed by atoms with Crippen molar-refractivity contribution in [1.82, 2.24) is 4.90 Å². The van der Waals surface area contributed by atoms with Crippen molar-refractivity contribution in [1.29, 1.82) is 0 Å². The highest BCUT2D eigenvalue weighted by Gasteiger charge is 2.28. The summed E-state index contributed by atoms with van der Waals surface area (Å²) in [7, 11) is 0. The van der Waals surface area contributed by atoms with E-state index in [0.717, 1.165) is 5.75 Å². The molecule has 28 heavy (non-hydrogen) atoms. The molecule has 0 spiro atoms. The van der Waals surface area contributed by atoms with E-state index in [1.807, 2.05) is 36.1 Å². The summed E-state index contributed by atoms with van der Waals surface area (Å²) in [6.07, 6.45) is 1.35. The summed E-state index contributed by atoms with van der Waals surface area (Å²) in [6, 6.07) is 16.4. The smallest absolute Gasteiger partial charge is 0.309 e. The molecule has 0 unspecified atom stereocenters. The molecular weight excluding hydrogens is 370 g/mol. The number of benzene rings is 2. The maximum Gasteiger partial charge on any atom is 0.309 e. The molecule has 0 saturated carbocycles. The van der Waals surface area contributed by atoms with Gasteiger partial charge in [-0.15, -0.1) is 11.8 Å². The van der Waals surface area contributed by atoms with E-state index in [4.69, 9.17) is 4.74 Å². The molecule has 0 N–H and O–H groups in total. The molecular formula is C23H27NO3S. The molecule has 1 aliphatic heterocycles. The number of piperidine rings is 1. The number of hydrogen-bond donors (Lipinski definition) is 0. The largest absolute Gasteiger partial charge is 0.466 e. The predicted octanol–water partition coefficient (Wildman–Crippen LogP) is 4.70. The van der Waals surface area contributed by atoms with Gasteiger partial charge in [0.15, 0.2) is 0 Å². The molecule has 148 valence electrons. The summed E-state index contributed by atoms with van der Waals surface area (Å²) in [4.78, 5) is 27.6. The Hall–Kier alpha value is -2.27. The lowest BCUT2D eigenvalue weighted by molar-refractivity contribution is -0.149. The van der Waals surface area contributed by atoms with Crippen molar-refractivity contribution in [2.45, 2.75) is 37.3 Å². The Morgan fingerprint density at radius 3 is 2.29 bits per heavy atom. The minimum atomic E-state index is -0.134. The zero-order chi connectivity index (χ0) is 19.9. The number of ether oxygens (including phenoxy) is 1. The van der Waals surface area contributed by atoms with E-state index >= 15 is 0 Å². The van der Waals surface area contributed by atoms with Crippen LogP contribution in [0.4, 0.5) is 0 Å². The maximum atomic E-state index is 12.7. The van der Waals surface area contributed by atoms with Crippen LogP contribution in [0, 0.1) is 12.8 Å². The number of esters is 1. The third-order valence-electron chi connectivity index (χ3n) is 5.03. The molecule has 0 atom stereocenters. The lowest BCUT2D eigenvalue weighted by Crippen LogP contribution is -2.40. The van der Waals surface area contributed by atoms with Gasteiger partial charge in [-0.3, -0.25) is 9.59 Å². The van der Waals surface area contributed by atoms with E-state index in [2.05, 4.69) is 31.2 Å². The van der Waals surface area contributed by atoms with Crippen molar-refractivity contribution in [3.05, 3.63) is 65.2 Å². The van der Waals surface area contributed by atoms with Crippen LogP contribution in [-0.2, 0) is 15.3 Å². The van der Waals surface area contributed by atoms with Gasteiger partial charge in [0.1, 0.15) is 0 Å². The van der Waals surface area contributed by atoms with Crippen LogP contribution in [0.5, 0.6) is 0 Å². The Bertz CT molecular complexity index is 794. The fraction of sp³-hybridized carbons (Fsp3) is 0.391. The molecule has 0 aromatic heterocycles. The first-order valence-corrected chi connectivity index (χ1v) is 10.8. The van der Waals surface area contributed by atoms with E-state index in [9.17, 15) is 9.59 Å². The molecule has 1 saturated heterocycles. The molecule has 1 fully saturated rings. The summed E-state index contributed by atoms with van der Waals surface area (Å²) in [6.45, 7) is 5.52. The molecule has 5 heteroatoms. The van der Waals surface area contributed by atoms with E-state index in [1.54, 1.807) is 11.8 Å². The van der Waals surface area contributed by atoms with Crippen molar-refractivity contribution < 1.29 is 14.3 Å². The summed E-state index contributed by atoms with van der Waals surface area (Å²) >= 11 is 1.79. The lowest BCUT2D eigenvalue weighted by Gasteiger charge is -2.31. The van der Waals surface area contributed by atoms with Crippen LogP contribution >= 0.6 is 11.8 Å². The van der Waals surface area contributed by atoms with Crippen LogP contribution in [0.15, 0.2) is 53.4 Å². The molecule has 0 bridgehead atoms. The van der Waals surface area contributed by atoms with Gasteiger partial charge in [-0.1, -0.05) is 29.8 Å². The van der Waals surface area contributed by atoms with Crippen LogP contribution in [-0.4, -0.2) is 36.5 Å². The number of aryl methyl sites for hydroxylation is 1. The average molecular weight is 398 g/mol. The zero-order valence-electron chi connectivity index (χ0n) is 16.5. The first kappa shape index (κ1) is 20.5. The Morgan fingerprint density at radius 1 is 1.04 bits per heavy atom. The Balaban J connectivity index is 1.51. The van der Waals surface area contributed by atoms with Gasteiger partial charge in [-0.25, -0.2) is 0 Å². The molecule has 0 radical (unpaired) electrons. The molecule has 1 heterocycles. The Kier molecular flexibility index (Phi) is 7.15. The number of carbonyl (C=O) groups excluding carboxylic acids is 2. The standard InChI is InChI=1S/C23H27NO3S/c1-3-27-23(26)20-12-14-24(15-13-20)22(25)19-8-6-18(7-9-19)16-28-21-10-4-17(2)5-11-21/h4-11,20H,3,12-16H2,1-2H3. The Labute approximate surface area is 171 Å². The van der Waals surface area contributed by atoms with Gasteiger partial charge in [-0.05, 0) is 56.5 Å². The summed E-state index contributed by atoms with van der Waals surface area (Å²) in [5.74, 6) is 0.706. The minimum Gasteiger partial charge on any atom is -0.466 e. The number of nitrogens with zero attached hydrogens (tertiary/aromatic N) is 1. The molecule has 2 aromatic carbocycles. The summed E-state index contributed by atoms with van der Waals surface area (Å²) < 4.78 is 5.09. The van der Waals surface area contributed by atoms with Crippen LogP contribution in [0.1, 0.15) is 41.3 Å². The molecule has 0 aliphatic carbocycles. The highest BCUT2D eigenvalue weighted by molar-refractivity contribution is 7.98. The first-order chi connectivity index (χ1) is 13.6. The van der Waals surface area contributed by atoms with Gasteiger partial charge in [0, 0.05) is 29.3 Å². The molecule has 1 amide bonds. The van der Waals surface area contributed by atoms with Crippen molar-refractivity contribution in [2.75, 3.05) is 19.7 Å².